The molecule has 1 heterocycles. The zero-order valence-corrected chi connectivity index (χ0v) is 14.0. The quantitative estimate of drug-likeness (QED) is 0.541. The molecule has 0 saturated carbocycles. The molecule has 7 nitrogen and oxygen atoms in total. The summed E-state index contributed by atoms with van der Waals surface area (Å²) in [6.07, 6.45) is 1.74. The summed E-state index contributed by atoms with van der Waals surface area (Å²) in [5, 5.41) is 11.9. The van der Waals surface area contributed by atoms with Gasteiger partial charge in [0.05, 0.1) is 14.8 Å². The van der Waals surface area contributed by atoms with E-state index in [4.69, 9.17) is 11.6 Å². The maximum Gasteiger partial charge on any atom is 0.275 e. The molecule has 24 heavy (non-hydrogen) atoms. The van der Waals surface area contributed by atoms with Gasteiger partial charge in [0.15, 0.2) is 0 Å². The molecule has 3 aromatic rings. The lowest BCUT2D eigenvalue weighted by atomic mass is 10.2. The molecule has 0 aliphatic rings. The van der Waals surface area contributed by atoms with Gasteiger partial charge in [0.25, 0.3) is 15.7 Å². The van der Waals surface area contributed by atoms with Gasteiger partial charge in [-0.3, -0.25) is 14.8 Å². The van der Waals surface area contributed by atoms with E-state index in [9.17, 15) is 18.5 Å². The van der Waals surface area contributed by atoms with Gasteiger partial charge in [0.1, 0.15) is 0 Å². The van der Waals surface area contributed by atoms with Crippen LogP contribution in [0.2, 0.25) is 5.02 Å². The molecule has 0 radical (unpaired) electrons. The van der Waals surface area contributed by atoms with E-state index in [0.29, 0.717) is 5.69 Å². The molecule has 0 aliphatic carbocycles. The number of nitrogens with zero attached hydrogens (tertiary/aromatic N) is 1. The van der Waals surface area contributed by atoms with Gasteiger partial charge < -0.3 is 4.98 Å². The summed E-state index contributed by atoms with van der Waals surface area (Å²) in [5.41, 5.74) is 1.09. The van der Waals surface area contributed by atoms with Crippen molar-refractivity contribution >= 4 is 43.9 Å². The maximum absolute atomic E-state index is 12.5. The van der Waals surface area contributed by atoms with E-state index >= 15 is 0 Å². The number of hydrogen-bond acceptors (Lipinski definition) is 4. The number of aromatic nitrogens is 1. The SMILES string of the molecule is Cc1c(Cl)cc(S(=O)(=O)Nc2ccc3[nH]ccc3c2)cc1[N+](=O)[O-]. The Morgan fingerprint density at radius 2 is 1.96 bits per heavy atom. The number of fused-ring (bicyclic) bond motifs is 1. The third-order valence-electron chi connectivity index (χ3n) is 3.60. The Balaban J connectivity index is 2.02. The minimum absolute atomic E-state index is 0.0191. The lowest BCUT2D eigenvalue weighted by molar-refractivity contribution is -0.385. The summed E-state index contributed by atoms with van der Waals surface area (Å²) in [6.45, 7) is 1.46. The summed E-state index contributed by atoms with van der Waals surface area (Å²) >= 11 is 5.93. The lowest BCUT2D eigenvalue weighted by Gasteiger charge is -2.10. The van der Waals surface area contributed by atoms with Gasteiger partial charge in [-0.15, -0.1) is 0 Å². The van der Waals surface area contributed by atoms with Crippen LogP contribution in [0.25, 0.3) is 10.9 Å². The zero-order valence-electron chi connectivity index (χ0n) is 12.4. The van der Waals surface area contributed by atoms with Crippen LogP contribution in [0, 0.1) is 17.0 Å². The molecule has 0 fully saturated rings. The van der Waals surface area contributed by atoms with Crippen LogP contribution in [-0.2, 0) is 10.0 Å². The second-order valence-electron chi connectivity index (χ2n) is 5.19. The normalized spacial score (nSPS) is 11.6. The molecular formula is C15H12ClN3O4S. The molecule has 0 amide bonds. The average molecular weight is 366 g/mol. The van der Waals surface area contributed by atoms with Crippen LogP contribution in [-0.4, -0.2) is 18.3 Å². The molecule has 0 spiro atoms. The summed E-state index contributed by atoms with van der Waals surface area (Å²) < 4.78 is 27.4. The number of nitro benzene ring substituents is 1. The first kappa shape index (κ1) is 16.3. The molecule has 0 bridgehead atoms. The Morgan fingerprint density at radius 3 is 2.67 bits per heavy atom. The Kier molecular flexibility index (Phi) is 3.94. The van der Waals surface area contributed by atoms with Crippen molar-refractivity contribution < 1.29 is 13.3 Å². The second kappa shape index (κ2) is 5.81. The number of anilines is 1. The number of sulfonamides is 1. The fourth-order valence-electron chi connectivity index (χ4n) is 2.32. The number of benzene rings is 2. The van der Waals surface area contributed by atoms with E-state index in [1.54, 1.807) is 30.5 Å². The maximum atomic E-state index is 12.5. The number of aromatic amines is 1. The smallest absolute Gasteiger partial charge is 0.275 e. The minimum Gasteiger partial charge on any atom is -0.361 e. The highest BCUT2D eigenvalue weighted by Crippen LogP contribution is 2.30. The predicted octanol–water partition coefficient (Wildman–Crippen LogP) is 3.84. The standard InChI is InChI=1S/C15H12ClN3O4S/c1-9-13(16)7-12(8-15(9)19(20)21)24(22,23)18-11-2-3-14-10(6-11)4-5-17-14/h2-8,17-18H,1H3. The summed E-state index contributed by atoms with van der Waals surface area (Å²) in [5.74, 6) is 0. The first-order chi connectivity index (χ1) is 11.3. The van der Waals surface area contributed by atoms with Gasteiger partial charge in [-0.2, -0.15) is 0 Å². The second-order valence-corrected chi connectivity index (χ2v) is 7.28. The largest absolute Gasteiger partial charge is 0.361 e. The molecule has 2 aromatic carbocycles. The molecular weight excluding hydrogens is 354 g/mol. The van der Waals surface area contributed by atoms with Gasteiger partial charge >= 0.3 is 0 Å². The monoisotopic (exact) mass is 365 g/mol. The van der Waals surface area contributed by atoms with Crippen LogP contribution in [0.3, 0.4) is 0 Å². The summed E-state index contributed by atoms with van der Waals surface area (Å²) in [6, 6.07) is 8.99. The Labute approximate surface area is 142 Å². The van der Waals surface area contributed by atoms with Gasteiger partial charge in [-0.25, -0.2) is 8.42 Å². The third-order valence-corrected chi connectivity index (χ3v) is 5.36. The van der Waals surface area contributed by atoms with Gasteiger partial charge in [-0.1, -0.05) is 11.6 Å². The minimum atomic E-state index is -4.01. The Bertz CT molecular complexity index is 1060. The van der Waals surface area contributed by atoms with Crippen LogP contribution in [0.4, 0.5) is 11.4 Å². The van der Waals surface area contributed by atoms with E-state index in [1.807, 2.05) is 0 Å². The van der Waals surface area contributed by atoms with Gasteiger partial charge in [0.2, 0.25) is 0 Å². The number of nitrogens with one attached hydrogen (secondary N) is 2. The van der Waals surface area contributed by atoms with E-state index in [0.717, 1.165) is 17.0 Å². The predicted molar refractivity (Wildman–Crippen MR) is 92.0 cm³/mol. The Morgan fingerprint density at radius 1 is 1.21 bits per heavy atom. The topological polar surface area (TPSA) is 105 Å². The van der Waals surface area contributed by atoms with Crippen molar-refractivity contribution in [3.05, 3.63) is 63.3 Å². The van der Waals surface area contributed by atoms with Crippen molar-refractivity contribution in [2.24, 2.45) is 0 Å². The van der Waals surface area contributed by atoms with Crippen molar-refractivity contribution in [1.29, 1.82) is 0 Å². The van der Waals surface area contributed by atoms with Crippen LogP contribution in [0.1, 0.15) is 5.56 Å². The van der Waals surface area contributed by atoms with E-state index in [1.165, 1.54) is 13.0 Å². The molecule has 9 heteroatoms. The number of hydrogen-bond donors (Lipinski definition) is 2. The first-order valence-corrected chi connectivity index (χ1v) is 8.68. The summed E-state index contributed by atoms with van der Waals surface area (Å²) in [7, 11) is -4.01. The fraction of sp³-hybridized carbons (Fsp3) is 0.0667. The van der Waals surface area contributed by atoms with Crippen LogP contribution in [0.5, 0.6) is 0 Å². The lowest BCUT2D eigenvalue weighted by Crippen LogP contribution is -2.13. The molecule has 3 rings (SSSR count). The molecule has 0 unspecified atom stereocenters. The molecule has 1 aromatic heterocycles. The summed E-state index contributed by atoms with van der Waals surface area (Å²) in [4.78, 5) is 13.1. The van der Waals surface area contributed by atoms with Crippen molar-refractivity contribution in [3.8, 4) is 0 Å². The third kappa shape index (κ3) is 2.93. The zero-order chi connectivity index (χ0) is 17.5. The molecule has 0 aliphatic heterocycles. The highest BCUT2D eigenvalue weighted by Gasteiger charge is 2.22. The number of halogens is 1. The Hall–Kier alpha value is -2.58. The van der Waals surface area contributed by atoms with Crippen molar-refractivity contribution in [3.63, 3.8) is 0 Å². The molecule has 124 valence electrons. The van der Waals surface area contributed by atoms with Crippen molar-refractivity contribution in [1.82, 2.24) is 4.98 Å². The number of nitro groups is 1. The average Bonchev–Trinajstić information content (AvgIpc) is 2.96. The van der Waals surface area contributed by atoms with E-state index in [-0.39, 0.29) is 21.2 Å². The molecule has 0 atom stereocenters. The van der Waals surface area contributed by atoms with Gasteiger partial charge in [-0.05, 0) is 37.3 Å². The van der Waals surface area contributed by atoms with Crippen molar-refractivity contribution in [2.45, 2.75) is 11.8 Å². The van der Waals surface area contributed by atoms with Crippen LogP contribution in [0.15, 0.2) is 47.5 Å². The van der Waals surface area contributed by atoms with Crippen LogP contribution < -0.4 is 4.72 Å². The van der Waals surface area contributed by atoms with E-state index < -0.39 is 14.9 Å². The number of rotatable bonds is 4. The van der Waals surface area contributed by atoms with E-state index in [2.05, 4.69) is 9.71 Å². The van der Waals surface area contributed by atoms with Crippen LogP contribution >= 0.6 is 11.6 Å². The highest BCUT2D eigenvalue weighted by atomic mass is 35.5. The van der Waals surface area contributed by atoms with Crippen molar-refractivity contribution in [2.75, 3.05) is 4.72 Å². The number of H-pyrrole nitrogens is 1. The fourth-order valence-corrected chi connectivity index (χ4v) is 3.69. The molecule has 0 saturated heterocycles. The first-order valence-electron chi connectivity index (χ1n) is 6.82. The highest BCUT2D eigenvalue weighted by molar-refractivity contribution is 7.92. The molecule has 2 N–H and O–H groups in total. The van der Waals surface area contributed by atoms with Gasteiger partial charge in [0, 0.05) is 34.4 Å².